The Kier molecular flexibility index (Phi) is 5.07. The van der Waals surface area contributed by atoms with E-state index in [-0.39, 0.29) is 12.1 Å². The van der Waals surface area contributed by atoms with Crippen LogP contribution in [0.25, 0.3) is 5.70 Å². The van der Waals surface area contributed by atoms with E-state index < -0.39 is 0 Å². The van der Waals surface area contributed by atoms with Crippen LogP contribution in [0.5, 0.6) is 11.5 Å². The number of nitrogens with one attached hydrogen (secondary N) is 1. The number of hydrogen-bond donors (Lipinski definition) is 1. The molecule has 0 saturated heterocycles. The fraction of sp³-hybridized carbons (Fsp3) is 0.185. The molecule has 0 spiro atoms. The van der Waals surface area contributed by atoms with Gasteiger partial charge in [-0.2, -0.15) is 10.1 Å². The monoisotopic (exact) mass is 468 g/mol. The summed E-state index contributed by atoms with van der Waals surface area (Å²) < 4.78 is 14.1. The first-order valence-electron chi connectivity index (χ1n) is 11.1. The molecule has 3 aromatic carbocycles. The van der Waals surface area contributed by atoms with Crippen LogP contribution in [0.3, 0.4) is 0 Å². The molecule has 0 amide bonds. The lowest BCUT2D eigenvalue weighted by Gasteiger charge is -2.39. The molecule has 0 saturated carbocycles. The highest BCUT2D eigenvalue weighted by Crippen LogP contribution is 2.50. The van der Waals surface area contributed by atoms with Crippen LogP contribution in [0.15, 0.2) is 83.5 Å². The molecule has 170 valence electrons. The number of rotatable bonds is 4. The molecule has 6 nitrogen and oxygen atoms in total. The summed E-state index contributed by atoms with van der Waals surface area (Å²) in [6.07, 6.45) is 3.40. The van der Waals surface area contributed by atoms with Crippen LogP contribution in [0.4, 0.5) is 5.95 Å². The minimum Gasteiger partial charge on any atom is -0.497 e. The molecule has 0 bridgehead atoms. The maximum Gasteiger partial charge on any atom is 0.226 e. The van der Waals surface area contributed by atoms with Gasteiger partial charge in [0.05, 0.1) is 12.8 Å². The molecule has 2 aliphatic heterocycles. The molecule has 1 N–H and O–H groups in total. The molecule has 2 aliphatic rings. The van der Waals surface area contributed by atoms with Gasteiger partial charge in [-0.25, -0.2) is 4.68 Å². The van der Waals surface area contributed by atoms with Crippen LogP contribution >= 0.6 is 11.8 Å². The molecule has 3 heterocycles. The van der Waals surface area contributed by atoms with Crippen LogP contribution in [0.2, 0.25) is 0 Å². The Morgan fingerprint density at radius 3 is 2.50 bits per heavy atom. The number of thioether (sulfide) groups is 1. The van der Waals surface area contributed by atoms with Gasteiger partial charge in [-0.3, -0.25) is 0 Å². The number of aromatic nitrogens is 3. The molecule has 1 aromatic heterocycles. The van der Waals surface area contributed by atoms with E-state index in [4.69, 9.17) is 9.47 Å². The minimum absolute atomic E-state index is 0.182. The number of ether oxygens (including phenoxy) is 2. The molecule has 0 aliphatic carbocycles. The van der Waals surface area contributed by atoms with E-state index >= 15 is 0 Å². The van der Waals surface area contributed by atoms with Crippen LogP contribution < -0.4 is 14.8 Å². The van der Waals surface area contributed by atoms with Gasteiger partial charge in [0.2, 0.25) is 5.95 Å². The summed E-state index contributed by atoms with van der Waals surface area (Å²) in [6.45, 7) is 2.10. The van der Waals surface area contributed by atoms with Gasteiger partial charge < -0.3 is 14.8 Å². The normalized spacial score (nSPS) is 18.3. The van der Waals surface area contributed by atoms with Crippen molar-refractivity contribution in [1.82, 2.24) is 14.8 Å². The Balaban J connectivity index is 1.59. The third-order valence-corrected chi connectivity index (χ3v) is 7.16. The van der Waals surface area contributed by atoms with Gasteiger partial charge in [0.25, 0.3) is 0 Å². The first-order chi connectivity index (χ1) is 16.7. The molecule has 0 fully saturated rings. The second-order valence-electron chi connectivity index (χ2n) is 8.43. The maximum absolute atomic E-state index is 6.71. The van der Waals surface area contributed by atoms with Crippen molar-refractivity contribution in [2.45, 2.75) is 24.0 Å². The van der Waals surface area contributed by atoms with E-state index in [2.05, 4.69) is 83.2 Å². The number of hydrogen-bond acceptors (Lipinski definition) is 6. The number of nitrogens with zero attached hydrogens (tertiary/aromatic N) is 3. The largest absolute Gasteiger partial charge is 0.497 e. The highest BCUT2D eigenvalue weighted by atomic mass is 32.2. The minimum atomic E-state index is -0.280. The van der Waals surface area contributed by atoms with Crippen LogP contribution in [0.1, 0.15) is 34.4 Å². The fourth-order valence-corrected chi connectivity index (χ4v) is 5.15. The Hall–Kier alpha value is -3.71. The van der Waals surface area contributed by atoms with Gasteiger partial charge in [-0.1, -0.05) is 35.9 Å². The van der Waals surface area contributed by atoms with E-state index in [0.29, 0.717) is 5.95 Å². The average molecular weight is 469 g/mol. The number of benzene rings is 3. The Morgan fingerprint density at radius 1 is 1.00 bits per heavy atom. The van der Waals surface area contributed by atoms with E-state index in [1.807, 2.05) is 16.8 Å². The third kappa shape index (κ3) is 3.35. The average Bonchev–Trinajstić information content (AvgIpc) is 3.35. The predicted octanol–water partition coefficient (Wildman–Crippen LogP) is 5.88. The Labute approximate surface area is 202 Å². The molecule has 2 atom stereocenters. The van der Waals surface area contributed by atoms with E-state index in [1.54, 1.807) is 25.2 Å². The first-order valence-corrected chi connectivity index (χ1v) is 12.3. The standard InChI is InChI=1S/C27H24N4O2S/c1-16-4-13-22-21(14-16)24-23(26(33-22)18-7-11-20(34-3)12-8-18)25(31-27(30-24)28-15-29-31)17-5-9-19(32-2)10-6-17/h4-15,25-26H,1-3H3,(H,28,29,30)/t25-,26-/m0/s1. The van der Waals surface area contributed by atoms with E-state index in [1.165, 1.54) is 10.5 Å². The Morgan fingerprint density at radius 2 is 1.76 bits per heavy atom. The molecule has 0 unspecified atom stereocenters. The molecule has 4 aromatic rings. The number of anilines is 1. The second-order valence-corrected chi connectivity index (χ2v) is 9.31. The molecule has 7 heteroatoms. The van der Waals surface area contributed by atoms with Crippen LogP contribution in [-0.2, 0) is 0 Å². The van der Waals surface area contributed by atoms with Gasteiger partial charge in [0.1, 0.15) is 30.0 Å². The van der Waals surface area contributed by atoms with Gasteiger partial charge >= 0.3 is 0 Å². The molecule has 6 rings (SSSR count). The van der Waals surface area contributed by atoms with Crippen molar-refractivity contribution in [1.29, 1.82) is 0 Å². The fourth-order valence-electron chi connectivity index (χ4n) is 4.74. The van der Waals surface area contributed by atoms with Crippen molar-refractivity contribution in [3.8, 4) is 11.5 Å². The summed E-state index contributed by atoms with van der Waals surface area (Å²) >= 11 is 1.73. The summed E-state index contributed by atoms with van der Waals surface area (Å²) in [4.78, 5) is 5.73. The highest BCUT2D eigenvalue weighted by molar-refractivity contribution is 7.98. The van der Waals surface area contributed by atoms with Gasteiger partial charge in [0.15, 0.2) is 0 Å². The van der Waals surface area contributed by atoms with Crippen molar-refractivity contribution >= 4 is 23.4 Å². The lowest BCUT2D eigenvalue weighted by molar-refractivity contribution is 0.223. The maximum atomic E-state index is 6.71. The van der Waals surface area contributed by atoms with Crippen molar-refractivity contribution in [2.75, 3.05) is 18.7 Å². The smallest absolute Gasteiger partial charge is 0.226 e. The zero-order valence-corrected chi connectivity index (χ0v) is 20.0. The molecular weight excluding hydrogens is 444 g/mol. The SMILES string of the molecule is COc1ccc([C@H]2C3=C(Nc4ncnn42)c2cc(C)ccc2O[C@H]3c2ccc(SC)cc2)cc1. The number of methoxy groups -OCH3 is 1. The summed E-state index contributed by atoms with van der Waals surface area (Å²) in [7, 11) is 1.68. The lowest BCUT2D eigenvalue weighted by Crippen LogP contribution is -2.32. The van der Waals surface area contributed by atoms with Gasteiger partial charge in [-0.15, -0.1) is 11.8 Å². The summed E-state index contributed by atoms with van der Waals surface area (Å²) in [5.74, 6) is 2.39. The zero-order valence-electron chi connectivity index (χ0n) is 19.1. The Bertz CT molecular complexity index is 1390. The number of aryl methyl sites for hydroxylation is 1. The first kappa shape index (κ1) is 20.9. The molecule has 0 radical (unpaired) electrons. The zero-order chi connectivity index (χ0) is 23.2. The summed E-state index contributed by atoms with van der Waals surface area (Å²) in [6, 6.07) is 22.9. The van der Waals surface area contributed by atoms with Gasteiger partial charge in [-0.05, 0) is 60.7 Å². The highest BCUT2D eigenvalue weighted by Gasteiger charge is 2.41. The molecular formula is C27H24N4O2S. The van der Waals surface area contributed by atoms with Crippen molar-refractivity contribution < 1.29 is 9.47 Å². The van der Waals surface area contributed by atoms with Crippen LogP contribution in [-0.4, -0.2) is 28.1 Å². The van der Waals surface area contributed by atoms with Crippen LogP contribution in [0, 0.1) is 6.92 Å². The quantitative estimate of drug-likeness (QED) is 0.378. The lowest BCUT2D eigenvalue weighted by atomic mass is 9.84. The molecule has 34 heavy (non-hydrogen) atoms. The topological polar surface area (TPSA) is 61.2 Å². The van der Waals surface area contributed by atoms with Crippen molar-refractivity contribution in [2.24, 2.45) is 0 Å². The second kappa shape index (κ2) is 8.25. The van der Waals surface area contributed by atoms with E-state index in [0.717, 1.165) is 39.5 Å². The third-order valence-electron chi connectivity index (χ3n) is 6.42. The predicted molar refractivity (Wildman–Crippen MR) is 134 cm³/mol. The van der Waals surface area contributed by atoms with Gasteiger partial charge in [0, 0.05) is 16.0 Å². The number of fused-ring (bicyclic) bond motifs is 3. The summed E-state index contributed by atoms with van der Waals surface area (Å²) in [5, 5.41) is 8.16. The summed E-state index contributed by atoms with van der Waals surface area (Å²) in [5.41, 5.74) is 6.54. The van der Waals surface area contributed by atoms with E-state index in [9.17, 15) is 0 Å². The van der Waals surface area contributed by atoms with Crippen molar-refractivity contribution in [3.05, 3.63) is 101 Å². The van der Waals surface area contributed by atoms with Crippen molar-refractivity contribution in [3.63, 3.8) is 0 Å².